The van der Waals surface area contributed by atoms with Crippen molar-refractivity contribution < 1.29 is 0 Å². The second-order valence-corrected chi connectivity index (χ2v) is 11.7. The summed E-state index contributed by atoms with van der Waals surface area (Å²) in [6.07, 6.45) is 3.64. The van der Waals surface area contributed by atoms with Crippen molar-refractivity contribution in [3.8, 4) is 5.69 Å². The highest BCUT2D eigenvalue weighted by molar-refractivity contribution is 9.10. The summed E-state index contributed by atoms with van der Waals surface area (Å²) < 4.78 is 2.84. The summed E-state index contributed by atoms with van der Waals surface area (Å²) in [6.45, 7) is 22.6. The van der Waals surface area contributed by atoms with Crippen LogP contribution in [0.1, 0.15) is 37.9 Å². The SMILES string of the molecule is Bc1cc2c3c(c(=O)n(-c4c(C)ccnc4C(C)C)c2cc1Br)N(C)C(=C)C1CN(C(=C)C=C)C(C)CN31. The molecular weight excluding hydrogens is 537 g/mol. The molecule has 0 saturated carbocycles. The first-order valence-corrected chi connectivity index (χ1v) is 13.9. The number of hydrogen-bond acceptors (Lipinski definition) is 5. The number of aryl methyl sites for hydroxylation is 1. The van der Waals surface area contributed by atoms with E-state index >= 15 is 0 Å². The van der Waals surface area contributed by atoms with Gasteiger partial charge in [-0.3, -0.25) is 14.3 Å². The van der Waals surface area contributed by atoms with Crippen molar-refractivity contribution in [1.82, 2.24) is 14.5 Å². The molecule has 2 aliphatic rings. The molecule has 1 saturated heterocycles. The number of piperazine rings is 1. The van der Waals surface area contributed by atoms with Crippen LogP contribution in [0.25, 0.3) is 16.6 Å². The second-order valence-electron chi connectivity index (χ2n) is 10.9. The van der Waals surface area contributed by atoms with Crippen LogP contribution in [-0.2, 0) is 0 Å². The molecule has 2 unspecified atom stereocenters. The third kappa shape index (κ3) is 3.84. The van der Waals surface area contributed by atoms with Gasteiger partial charge in [0.05, 0.1) is 28.6 Å². The van der Waals surface area contributed by atoms with Gasteiger partial charge >= 0.3 is 0 Å². The second kappa shape index (κ2) is 9.49. The highest BCUT2D eigenvalue weighted by Gasteiger charge is 2.42. The maximum Gasteiger partial charge on any atom is 0.281 e. The van der Waals surface area contributed by atoms with Crippen LogP contribution in [0.4, 0.5) is 11.4 Å². The maximum atomic E-state index is 14.7. The van der Waals surface area contributed by atoms with Crippen LogP contribution >= 0.6 is 15.9 Å². The molecule has 6 nitrogen and oxygen atoms in total. The Bertz CT molecular complexity index is 1580. The number of halogens is 1. The normalized spacial score (nSPS) is 19.1. The van der Waals surface area contributed by atoms with E-state index in [0.717, 1.165) is 68.0 Å². The van der Waals surface area contributed by atoms with Crippen LogP contribution in [0.2, 0.25) is 0 Å². The number of fused-ring (bicyclic) bond motifs is 5. The van der Waals surface area contributed by atoms with E-state index in [1.165, 1.54) is 0 Å². The molecule has 0 aliphatic carbocycles. The lowest BCUT2D eigenvalue weighted by Gasteiger charge is -2.53. The first-order valence-electron chi connectivity index (χ1n) is 13.1. The fraction of sp³-hybridized carbons (Fsp3) is 0.333. The Morgan fingerprint density at radius 1 is 1.24 bits per heavy atom. The number of benzene rings is 1. The number of nitrogens with zero attached hydrogens (tertiary/aromatic N) is 5. The van der Waals surface area contributed by atoms with Crippen LogP contribution < -0.4 is 20.8 Å². The van der Waals surface area contributed by atoms with Crippen molar-refractivity contribution in [1.29, 1.82) is 0 Å². The molecular formula is C30H35BBrN5O. The molecule has 0 spiro atoms. The zero-order valence-corrected chi connectivity index (χ0v) is 24.8. The number of allylic oxidation sites excluding steroid dienone is 1. The summed E-state index contributed by atoms with van der Waals surface area (Å²) in [6, 6.07) is 6.47. The van der Waals surface area contributed by atoms with E-state index in [4.69, 9.17) is 4.98 Å². The number of hydrogen-bond donors (Lipinski definition) is 0. The van der Waals surface area contributed by atoms with E-state index in [1.54, 1.807) is 0 Å². The lowest BCUT2D eigenvalue weighted by molar-refractivity contribution is 0.224. The van der Waals surface area contributed by atoms with Crippen molar-refractivity contribution in [2.45, 2.75) is 45.7 Å². The van der Waals surface area contributed by atoms with Gasteiger partial charge < -0.3 is 14.7 Å². The summed E-state index contributed by atoms with van der Waals surface area (Å²) >= 11 is 3.75. The molecule has 3 aromatic rings. The summed E-state index contributed by atoms with van der Waals surface area (Å²) in [5.41, 5.74) is 8.14. The number of pyridine rings is 2. The average Bonchev–Trinajstić information content (AvgIpc) is 2.87. The largest absolute Gasteiger partial charge is 0.365 e. The minimum Gasteiger partial charge on any atom is -0.365 e. The van der Waals surface area contributed by atoms with Gasteiger partial charge in [-0.25, -0.2) is 0 Å². The highest BCUT2D eigenvalue weighted by atomic mass is 79.9. The summed E-state index contributed by atoms with van der Waals surface area (Å²) in [4.78, 5) is 26.0. The molecule has 38 heavy (non-hydrogen) atoms. The Balaban J connectivity index is 1.89. The van der Waals surface area contributed by atoms with Crippen molar-refractivity contribution in [3.63, 3.8) is 0 Å². The maximum absolute atomic E-state index is 14.7. The Morgan fingerprint density at radius 2 is 1.95 bits per heavy atom. The molecule has 2 atom stereocenters. The average molecular weight is 572 g/mol. The molecule has 8 heteroatoms. The van der Waals surface area contributed by atoms with Gasteiger partial charge in [0.1, 0.15) is 13.5 Å². The van der Waals surface area contributed by atoms with E-state index in [-0.39, 0.29) is 23.6 Å². The molecule has 4 heterocycles. The van der Waals surface area contributed by atoms with E-state index in [2.05, 4.69) is 93.1 Å². The minimum absolute atomic E-state index is 0.00848. The van der Waals surface area contributed by atoms with Crippen LogP contribution in [0, 0.1) is 6.92 Å². The standard InChI is InChI=1S/C30H35BBrN5O/c1-9-18(5)35-15-25-20(7)34(8)29-28(36(25)14-19(35)6)21-12-22(31)23(32)13-24(21)37(30(29)38)27-17(4)10-11-33-26(27)16(2)3/h9-13,16,19,25H,1,5,7,14-15,31H2,2-4,6,8H3. The van der Waals surface area contributed by atoms with Gasteiger partial charge in [-0.15, -0.1) is 0 Å². The first kappa shape index (κ1) is 26.4. The zero-order chi connectivity index (χ0) is 27.6. The monoisotopic (exact) mass is 571 g/mol. The summed E-state index contributed by atoms with van der Waals surface area (Å²) in [5.74, 6) is 0.153. The highest BCUT2D eigenvalue weighted by Crippen LogP contribution is 2.44. The van der Waals surface area contributed by atoms with Gasteiger partial charge in [0.25, 0.3) is 5.56 Å². The van der Waals surface area contributed by atoms with Gasteiger partial charge in [-0.2, -0.15) is 0 Å². The smallest absolute Gasteiger partial charge is 0.281 e. The Labute approximate surface area is 234 Å². The number of anilines is 2. The third-order valence-corrected chi connectivity index (χ3v) is 8.96. The molecule has 0 N–H and O–H groups in total. The summed E-state index contributed by atoms with van der Waals surface area (Å²) in [5, 5.41) is 1.05. The lowest BCUT2D eigenvalue weighted by atomic mass is 9.91. The Kier molecular flexibility index (Phi) is 6.58. The fourth-order valence-electron chi connectivity index (χ4n) is 5.98. The van der Waals surface area contributed by atoms with Crippen LogP contribution in [0.5, 0.6) is 0 Å². The Hall–Kier alpha value is -3.26. The van der Waals surface area contributed by atoms with Gasteiger partial charge in [0.2, 0.25) is 0 Å². The van der Waals surface area contributed by atoms with E-state index in [1.807, 2.05) is 34.9 Å². The predicted octanol–water partition coefficient (Wildman–Crippen LogP) is 4.38. The first-order chi connectivity index (χ1) is 18.0. The van der Waals surface area contributed by atoms with E-state index in [9.17, 15) is 4.79 Å². The molecule has 1 aromatic carbocycles. The molecule has 0 radical (unpaired) electrons. The molecule has 2 aromatic heterocycles. The zero-order valence-electron chi connectivity index (χ0n) is 23.2. The third-order valence-electron chi connectivity index (χ3n) is 8.11. The molecule has 5 rings (SSSR count). The molecule has 1 fully saturated rings. The van der Waals surface area contributed by atoms with Crippen molar-refractivity contribution in [2.24, 2.45) is 0 Å². The van der Waals surface area contributed by atoms with Crippen molar-refractivity contribution in [3.05, 3.63) is 87.7 Å². The Morgan fingerprint density at radius 3 is 2.61 bits per heavy atom. The van der Waals surface area contributed by atoms with Gasteiger partial charge in [-0.05, 0) is 43.5 Å². The van der Waals surface area contributed by atoms with Crippen LogP contribution in [-0.4, -0.2) is 54.5 Å². The van der Waals surface area contributed by atoms with Gasteiger partial charge in [0, 0.05) is 53.6 Å². The number of rotatable bonds is 4. The molecule has 0 amide bonds. The van der Waals surface area contributed by atoms with Crippen LogP contribution in [0.15, 0.2) is 70.9 Å². The van der Waals surface area contributed by atoms with Gasteiger partial charge in [-0.1, -0.05) is 61.0 Å². The lowest BCUT2D eigenvalue weighted by Crippen LogP contribution is -2.61. The number of aromatic nitrogens is 2. The molecule has 2 aliphatic heterocycles. The van der Waals surface area contributed by atoms with E-state index in [0.29, 0.717) is 5.69 Å². The van der Waals surface area contributed by atoms with Crippen LogP contribution in [0.3, 0.4) is 0 Å². The van der Waals surface area contributed by atoms with Crippen molar-refractivity contribution >= 4 is 51.5 Å². The summed E-state index contributed by atoms with van der Waals surface area (Å²) in [7, 11) is 4.06. The molecule has 196 valence electrons. The van der Waals surface area contributed by atoms with Crippen molar-refractivity contribution in [2.75, 3.05) is 29.9 Å². The number of likely N-dealkylation sites (N-methyl/N-ethyl adjacent to an activating group) is 1. The van der Waals surface area contributed by atoms with E-state index < -0.39 is 0 Å². The molecule has 0 bridgehead atoms. The van der Waals surface area contributed by atoms with Gasteiger partial charge in [0.15, 0.2) is 0 Å². The topological polar surface area (TPSA) is 44.6 Å². The quantitative estimate of drug-likeness (QED) is 0.343. The fourth-order valence-corrected chi connectivity index (χ4v) is 6.31. The predicted molar refractivity (Wildman–Crippen MR) is 166 cm³/mol. The minimum atomic E-state index is -0.0612.